The van der Waals surface area contributed by atoms with E-state index in [0.717, 1.165) is 14.5 Å². The maximum Gasteiger partial charge on any atom is 0.573 e. The number of hydrogen-bond acceptors (Lipinski definition) is 2. The van der Waals surface area contributed by atoms with Crippen LogP contribution in [0.2, 0.25) is 0 Å². The lowest BCUT2D eigenvalue weighted by atomic mass is 10.00. The van der Waals surface area contributed by atoms with Crippen LogP contribution in [-0.2, 0) is 0 Å². The Hall–Kier alpha value is -1.05. The second kappa shape index (κ2) is 6.37. The summed E-state index contributed by atoms with van der Waals surface area (Å²) in [5, 5.41) is 0. The molecule has 21 heavy (non-hydrogen) atoms. The monoisotopic (exact) mass is 423 g/mol. The van der Waals surface area contributed by atoms with Gasteiger partial charge in [-0.2, -0.15) is 0 Å². The summed E-state index contributed by atoms with van der Waals surface area (Å²) in [4.78, 5) is 0. The van der Waals surface area contributed by atoms with Crippen LogP contribution in [-0.4, -0.2) is 6.36 Å². The standard InChI is InChI=1S/C14H10Br2F3NO/c15-11-6-3-9(7-12(11)16)13(20)8-1-4-10(5-2-8)21-14(17,18)19/h1-7,13H,20H2/t13-/m0/s1. The highest BCUT2D eigenvalue weighted by Crippen LogP contribution is 2.29. The van der Waals surface area contributed by atoms with Gasteiger partial charge in [0, 0.05) is 8.95 Å². The van der Waals surface area contributed by atoms with E-state index in [2.05, 4.69) is 36.6 Å². The fourth-order valence-corrected chi connectivity index (χ4v) is 2.42. The molecule has 0 saturated heterocycles. The van der Waals surface area contributed by atoms with E-state index < -0.39 is 12.4 Å². The normalized spacial score (nSPS) is 13.0. The Bertz CT molecular complexity index is 629. The molecule has 0 amide bonds. The van der Waals surface area contributed by atoms with E-state index in [1.54, 1.807) is 0 Å². The molecular formula is C14H10Br2F3NO. The number of hydrogen-bond donors (Lipinski definition) is 1. The maximum atomic E-state index is 12.1. The molecule has 2 aromatic carbocycles. The molecule has 0 saturated carbocycles. The van der Waals surface area contributed by atoms with Gasteiger partial charge in [-0.3, -0.25) is 0 Å². The Balaban J connectivity index is 2.19. The highest BCUT2D eigenvalue weighted by Gasteiger charge is 2.31. The third kappa shape index (κ3) is 4.46. The first-order valence-corrected chi connectivity index (χ1v) is 7.41. The lowest BCUT2D eigenvalue weighted by molar-refractivity contribution is -0.274. The van der Waals surface area contributed by atoms with E-state index in [1.807, 2.05) is 18.2 Å². The number of ether oxygens (including phenoxy) is 1. The van der Waals surface area contributed by atoms with Crippen molar-refractivity contribution in [3.8, 4) is 5.75 Å². The van der Waals surface area contributed by atoms with Gasteiger partial charge in [0.15, 0.2) is 0 Å². The van der Waals surface area contributed by atoms with Crippen LogP contribution in [0.1, 0.15) is 17.2 Å². The van der Waals surface area contributed by atoms with E-state index in [4.69, 9.17) is 5.73 Å². The van der Waals surface area contributed by atoms with Gasteiger partial charge in [-0.1, -0.05) is 18.2 Å². The number of rotatable bonds is 3. The molecule has 0 aliphatic carbocycles. The summed E-state index contributed by atoms with van der Waals surface area (Å²) in [6.07, 6.45) is -4.69. The molecule has 0 aliphatic rings. The van der Waals surface area contributed by atoms with Crippen LogP contribution in [0.4, 0.5) is 13.2 Å². The Morgan fingerprint density at radius 2 is 1.48 bits per heavy atom. The van der Waals surface area contributed by atoms with Crippen molar-refractivity contribution in [2.24, 2.45) is 5.73 Å². The van der Waals surface area contributed by atoms with Gasteiger partial charge in [0.05, 0.1) is 6.04 Å². The van der Waals surface area contributed by atoms with E-state index >= 15 is 0 Å². The minimum atomic E-state index is -4.69. The third-order valence-corrected chi connectivity index (χ3v) is 4.66. The van der Waals surface area contributed by atoms with Gasteiger partial charge in [-0.05, 0) is 67.3 Å². The van der Waals surface area contributed by atoms with Crippen LogP contribution in [0.3, 0.4) is 0 Å². The Kier molecular flexibility index (Phi) is 4.95. The summed E-state index contributed by atoms with van der Waals surface area (Å²) in [5.74, 6) is -0.268. The van der Waals surface area contributed by atoms with E-state index in [9.17, 15) is 13.2 Å². The predicted octanol–water partition coefficient (Wildman–Crippen LogP) is 5.16. The van der Waals surface area contributed by atoms with Crippen molar-refractivity contribution in [3.05, 3.63) is 62.5 Å². The molecule has 112 valence electrons. The minimum absolute atomic E-state index is 0.268. The van der Waals surface area contributed by atoms with Crippen molar-refractivity contribution >= 4 is 31.9 Å². The molecule has 2 nitrogen and oxygen atoms in total. The quantitative estimate of drug-likeness (QED) is 0.738. The number of halogens is 5. The van der Waals surface area contributed by atoms with Gasteiger partial charge < -0.3 is 10.5 Å². The average Bonchev–Trinajstić information content (AvgIpc) is 2.40. The second-order valence-corrected chi connectivity index (χ2v) is 5.98. The Morgan fingerprint density at radius 3 is 2.00 bits per heavy atom. The molecule has 7 heteroatoms. The SMILES string of the molecule is N[C@@H](c1ccc(OC(F)(F)F)cc1)c1ccc(Br)c(Br)c1. The van der Waals surface area contributed by atoms with Gasteiger partial charge in [0.1, 0.15) is 5.75 Å². The number of alkyl halides is 3. The zero-order chi connectivity index (χ0) is 15.6. The van der Waals surface area contributed by atoms with E-state index in [0.29, 0.717) is 5.56 Å². The summed E-state index contributed by atoms with van der Waals surface area (Å²) in [7, 11) is 0. The average molecular weight is 425 g/mol. The second-order valence-electron chi connectivity index (χ2n) is 4.27. The highest BCUT2D eigenvalue weighted by atomic mass is 79.9. The summed E-state index contributed by atoms with van der Waals surface area (Å²) in [6.45, 7) is 0. The van der Waals surface area contributed by atoms with Crippen LogP contribution in [0, 0.1) is 0 Å². The lowest BCUT2D eigenvalue weighted by Crippen LogP contribution is -2.17. The van der Waals surface area contributed by atoms with Crippen LogP contribution in [0.5, 0.6) is 5.75 Å². The van der Waals surface area contributed by atoms with E-state index in [-0.39, 0.29) is 5.75 Å². The third-order valence-electron chi connectivity index (χ3n) is 2.78. The molecule has 2 aromatic rings. The number of nitrogens with two attached hydrogens (primary N) is 1. The zero-order valence-electron chi connectivity index (χ0n) is 10.5. The van der Waals surface area contributed by atoms with Crippen LogP contribution < -0.4 is 10.5 Å². The first-order valence-electron chi connectivity index (χ1n) is 5.82. The van der Waals surface area contributed by atoms with Crippen molar-refractivity contribution in [1.82, 2.24) is 0 Å². The molecule has 2 N–H and O–H groups in total. The summed E-state index contributed by atoms with van der Waals surface area (Å²) in [6, 6.07) is 10.6. The fourth-order valence-electron chi connectivity index (χ4n) is 1.78. The minimum Gasteiger partial charge on any atom is -0.406 e. The summed E-state index contributed by atoms with van der Waals surface area (Å²) < 4.78 is 41.8. The lowest BCUT2D eigenvalue weighted by Gasteiger charge is -2.15. The van der Waals surface area contributed by atoms with Gasteiger partial charge >= 0.3 is 6.36 Å². The Morgan fingerprint density at radius 1 is 0.905 bits per heavy atom. The van der Waals surface area contributed by atoms with Gasteiger partial charge in [0.2, 0.25) is 0 Å². The fraction of sp³-hybridized carbons (Fsp3) is 0.143. The molecule has 1 atom stereocenters. The number of benzene rings is 2. The summed E-state index contributed by atoms with van der Waals surface area (Å²) >= 11 is 6.75. The summed E-state index contributed by atoms with van der Waals surface area (Å²) in [5.41, 5.74) is 7.65. The van der Waals surface area contributed by atoms with Crippen molar-refractivity contribution in [2.75, 3.05) is 0 Å². The van der Waals surface area contributed by atoms with Crippen molar-refractivity contribution in [1.29, 1.82) is 0 Å². The topological polar surface area (TPSA) is 35.2 Å². The highest BCUT2D eigenvalue weighted by molar-refractivity contribution is 9.13. The molecule has 0 unspecified atom stereocenters. The first-order chi connectivity index (χ1) is 9.76. The van der Waals surface area contributed by atoms with Crippen molar-refractivity contribution in [3.63, 3.8) is 0 Å². The largest absolute Gasteiger partial charge is 0.573 e. The van der Waals surface area contributed by atoms with Crippen LogP contribution >= 0.6 is 31.9 Å². The van der Waals surface area contributed by atoms with Crippen molar-refractivity contribution < 1.29 is 17.9 Å². The molecule has 0 aromatic heterocycles. The molecule has 0 heterocycles. The Labute approximate surface area is 136 Å². The smallest absolute Gasteiger partial charge is 0.406 e. The van der Waals surface area contributed by atoms with E-state index in [1.165, 1.54) is 24.3 Å². The molecule has 0 bridgehead atoms. The molecule has 2 rings (SSSR count). The first kappa shape index (κ1) is 16.3. The zero-order valence-corrected chi connectivity index (χ0v) is 13.7. The van der Waals surface area contributed by atoms with Crippen LogP contribution in [0.15, 0.2) is 51.4 Å². The van der Waals surface area contributed by atoms with Crippen molar-refractivity contribution in [2.45, 2.75) is 12.4 Å². The maximum absolute atomic E-state index is 12.1. The molecule has 0 radical (unpaired) electrons. The van der Waals surface area contributed by atoms with Gasteiger partial charge in [-0.25, -0.2) is 0 Å². The predicted molar refractivity (Wildman–Crippen MR) is 81.0 cm³/mol. The molecular weight excluding hydrogens is 415 g/mol. The van der Waals surface area contributed by atoms with Crippen LogP contribution in [0.25, 0.3) is 0 Å². The van der Waals surface area contributed by atoms with Gasteiger partial charge in [-0.15, -0.1) is 13.2 Å². The van der Waals surface area contributed by atoms with Gasteiger partial charge in [0.25, 0.3) is 0 Å². The molecule has 0 fully saturated rings. The molecule has 0 aliphatic heterocycles. The molecule has 0 spiro atoms.